The Morgan fingerprint density at radius 2 is 2.11 bits per heavy atom. The van der Waals surface area contributed by atoms with Crippen molar-refractivity contribution in [1.29, 1.82) is 0 Å². The van der Waals surface area contributed by atoms with Gasteiger partial charge in [-0.1, -0.05) is 12.1 Å². The first-order valence-corrected chi connectivity index (χ1v) is 9.78. The highest BCUT2D eigenvalue weighted by Gasteiger charge is 2.09. The number of ether oxygens (including phenoxy) is 1. The van der Waals surface area contributed by atoms with E-state index in [0.29, 0.717) is 17.5 Å². The van der Waals surface area contributed by atoms with Gasteiger partial charge in [-0.2, -0.15) is 5.10 Å². The molecule has 6 nitrogen and oxygen atoms in total. The zero-order chi connectivity index (χ0) is 18.9. The van der Waals surface area contributed by atoms with E-state index in [2.05, 4.69) is 43.5 Å². The Kier molecular flexibility index (Phi) is 4.14. The van der Waals surface area contributed by atoms with E-state index in [9.17, 15) is 0 Å². The zero-order valence-corrected chi connectivity index (χ0v) is 16.0. The maximum atomic E-state index is 5.93. The van der Waals surface area contributed by atoms with Crippen LogP contribution in [0, 0.1) is 6.92 Å². The summed E-state index contributed by atoms with van der Waals surface area (Å²) in [7, 11) is 0. The average Bonchev–Trinajstić information content (AvgIpc) is 3.43. The van der Waals surface area contributed by atoms with Crippen LogP contribution < -0.4 is 4.74 Å². The van der Waals surface area contributed by atoms with Gasteiger partial charge in [0.1, 0.15) is 11.6 Å². The molecular formula is C21H17N5OS. The summed E-state index contributed by atoms with van der Waals surface area (Å²) in [5.41, 5.74) is 3.12. The largest absolute Gasteiger partial charge is 0.439 e. The van der Waals surface area contributed by atoms with E-state index in [4.69, 9.17) is 4.74 Å². The van der Waals surface area contributed by atoms with Crippen molar-refractivity contribution in [2.24, 2.45) is 0 Å². The van der Waals surface area contributed by atoms with Crippen molar-refractivity contribution in [3.05, 3.63) is 76.5 Å². The first-order chi connectivity index (χ1) is 13.7. The fourth-order valence-electron chi connectivity index (χ4n) is 3.09. The highest BCUT2D eigenvalue weighted by molar-refractivity contribution is 7.10. The lowest BCUT2D eigenvalue weighted by atomic mass is 10.2. The van der Waals surface area contributed by atoms with Crippen LogP contribution >= 0.6 is 11.3 Å². The number of rotatable bonds is 5. The summed E-state index contributed by atoms with van der Waals surface area (Å²) in [6.45, 7) is 2.11. The molecule has 28 heavy (non-hydrogen) atoms. The van der Waals surface area contributed by atoms with Gasteiger partial charge in [-0.05, 0) is 42.1 Å². The van der Waals surface area contributed by atoms with Crippen LogP contribution in [0.4, 0.5) is 0 Å². The first kappa shape index (κ1) is 16.7. The smallest absolute Gasteiger partial charge is 0.219 e. The highest BCUT2D eigenvalue weighted by atomic mass is 32.1. The van der Waals surface area contributed by atoms with Crippen molar-refractivity contribution >= 4 is 22.2 Å². The van der Waals surface area contributed by atoms with E-state index in [-0.39, 0.29) is 0 Å². The Hall–Kier alpha value is -3.45. The molecule has 2 N–H and O–H groups in total. The molecule has 0 saturated carbocycles. The lowest BCUT2D eigenvalue weighted by Crippen LogP contribution is -1.90. The van der Waals surface area contributed by atoms with Crippen LogP contribution in [0.25, 0.3) is 22.3 Å². The van der Waals surface area contributed by atoms with E-state index in [0.717, 1.165) is 28.7 Å². The van der Waals surface area contributed by atoms with Gasteiger partial charge in [0.15, 0.2) is 5.82 Å². The predicted octanol–water partition coefficient (Wildman–Crippen LogP) is 5.10. The minimum Gasteiger partial charge on any atom is -0.439 e. The molecule has 138 valence electrons. The summed E-state index contributed by atoms with van der Waals surface area (Å²) in [6, 6.07) is 13.8. The number of fused-ring (bicyclic) bond motifs is 1. The van der Waals surface area contributed by atoms with Gasteiger partial charge in [-0.25, -0.2) is 9.97 Å². The van der Waals surface area contributed by atoms with Gasteiger partial charge < -0.3 is 9.72 Å². The fraction of sp³-hybridized carbons (Fsp3) is 0.0952. The second kappa shape index (κ2) is 6.94. The van der Waals surface area contributed by atoms with Crippen LogP contribution in [0.2, 0.25) is 0 Å². The molecule has 5 aromatic rings. The van der Waals surface area contributed by atoms with E-state index in [1.54, 1.807) is 17.5 Å². The summed E-state index contributed by atoms with van der Waals surface area (Å²) >= 11 is 1.74. The lowest BCUT2D eigenvalue weighted by molar-refractivity contribution is 0.464. The Labute approximate surface area is 165 Å². The monoisotopic (exact) mass is 387 g/mol. The molecule has 0 radical (unpaired) electrons. The molecule has 0 unspecified atom stereocenters. The number of aromatic amines is 2. The topological polar surface area (TPSA) is 79.5 Å². The molecule has 0 atom stereocenters. The van der Waals surface area contributed by atoms with Gasteiger partial charge in [0.25, 0.3) is 0 Å². The summed E-state index contributed by atoms with van der Waals surface area (Å²) in [4.78, 5) is 13.4. The van der Waals surface area contributed by atoms with Crippen LogP contribution in [0.1, 0.15) is 16.3 Å². The van der Waals surface area contributed by atoms with Gasteiger partial charge in [0, 0.05) is 34.5 Å². The summed E-state index contributed by atoms with van der Waals surface area (Å²) in [5.74, 6) is 2.74. The molecule has 4 heterocycles. The minimum atomic E-state index is 0.549. The van der Waals surface area contributed by atoms with E-state index < -0.39 is 0 Å². The third kappa shape index (κ3) is 3.39. The number of aryl methyl sites for hydroxylation is 1. The van der Waals surface area contributed by atoms with Crippen LogP contribution in [0.15, 0.2) is 60.2 Å². The molecule has 0 saturated heterocycles. The van der Waals surface area contributed by atoms with Crippen molar-refractivity contribution in [3.8, 4) is 23.0 Å². The number of nitrogens with zero attached hydrogens (tertiary/aromatic N) is 3. The van der Waals surface area contributed by atoms with Gasteiger partial charge in [0.05, 0.1) is 11.7 Å². The van der Waals surface area contributed by atoms with Gasteiger partial charge in [0.2, 0.25) is 5.88 Å². The minimum absolute atomic E-state index is 0.549. The molecule has 0 amide bonds. The molecule has 0 spiro atoms. The molecule has 7 heteroatoms. The van der Waals surface area contributed by atoms with Gasteiger partial charge in [-0.3, -0.25) is 5.10 Å². The summed E-state index contributed by atoms with van der Waals surface area (Å²) in [5, 5.41) is 10.6. The second-order valence-electron chi connectivity index (χ2n) is 6.57. The number of H-pyrrole nitrogens is 2. The van der Waals surface area contributed by atoms with Crippen LogP contribution in [0.3, 0.4) is 0 Å². The van der Waals surface area contributed by atoms with E-state index >= 15 is 0 Å². The molecule has 0 aliphatic heterocycles. The van der Waals surface area contributed by atoms with E-state index in [1.165, 1.54) is 10.4 Å². The summed E-state index contributed by atoms with van der Waals surface area (Å²) in [6.07, 6.45) is 4.39. The number of aromatic nitrogens is 5. The third-order valence-electron chi connectivity index (χ3n) is 4.42. The lowest BCUT2D eigenvalue weighted by Gasteiger charge is -2.05. The SMILES string of the molecule is Cc1cc(Cc2nc(-c3cccc(Oc4cc5cc[nH]c5cn4)c3)n[nH]2)cs1. The van der Waals surface area contributed by atoms with Crippen LogP contribution in [0.5, 0.6) is 11.6 Å². The van der Waals surface area contributed by atoms with Crippen molar-refractivity contribution < 1.29 is 4.74 Å². The molecule has 1 aromatic carbocycles. The number of hydrogen-bond acceptors (Lipinski definition) is 5. The fourth-order valence-corrected chi connectivity index (χ4v) is 3.80. The van der Waals surface area contributed by atoms with Crippen molar-refractivity contribution in [2.45, 2.75) is 13.3 Å². The molecule has 0 fully saturated rings. The molecular weight excluding hydrogens is 370 g/mol. The molecule has 5 rings (SSSR count). The number of nitrogens with one attached hydrogen (secondary N) is 2. The Bertz CT molecular complexity index is 1250. The molecule has 4 aromatic heterocycles. The average molecular weight is 387 g/mol. The van der Waals surface area contributed by atoms with Gasteiger partial charge >= 0.3 is 0 Å². The van der Waals surface area contributed by atoms with Crippen LogP contribution in [-0.4, -0.2) is 25.1 Å². The Balaban J connectivity index is 1.36. The first-order valence-electron chi connectivity index (χ1n) is 8.90. The number of hydrogen-bond donors (Lipinski definition) is 2. The standard InChI is InChI=1S/C21H17N5OS/c1-13-7-14(12-28-13)8-19-24-21(26-25-19)16-3-2-4-17(9-16)27-20-10-15-5-6-22-18(15)11-23-20/h2-7,9-12,22H,8H2,1H3,(H,24,25,26). The number of benzene rings is 1. The Morgan fingerprint density at radius 3 is 3.00 bits per heavy atom. The number of pyridine rings is 1. The maximum absolute atomic E-state index is 5.93. The van der Waals surface area contributed by atoms with Crippen LogP contribution in [-0.2, 0) is 6.42 Å². The molecule has 0 bridgehead atoms. The third-order valence-corrected chi connectivity index (χ3v) is 5.33. The zero-order valence-electron chi connectivity index (χ0n) is 15.1. The normalized spacial score (nSPS) is 11.2. The van der Waals surface area contributed by atoms with Crippen molar-refractivity contribution in [3.63, 3.8) is 0 Å². The highest BCUT2D eigenvalue weighted by Crippen LogP contribution is 2.26. The quantitative estimate of drug-likeness (QED) is 0.440. The predicted molar refractivity (Wildman–Crippen MR) is 110 cm³/mol. The Morgan fingerprint density at radius 1 is 1.14 bits per heavy atom. The number of thiophene rings is 1. The molecule has 0 aliphatic rings. The summed E-state index contributed by atoms with van der Waals surface area (Å²) < 4.78 is 5.93. The second-order valence-corrected chi connectivity index (χ2v) is 7.68. The van der Waals surface area contributed by atoms with Crippen molar-refractivity contribution in [2.75, 3.05) is 0 Å². The van der Waals surface area contributed by atoms with Gasteiger partial charge in [-0.15, -0.1) is 11.3 Å². The van der Waals surface area contributed by atoms with Crippen molar-refractivity contribution in [1.82, 2.24) is 25.1 Å². The molecule has 0 aliphatic carbocycles. The maximum Gasteiger partial charge on any atom is 0.219 e. The van der Waals surface area contributed by atoms with E-state index in [1.807, 2.05) is 42.6 Å².